The first-order chi connectivity index (χ1) is 8.70. The molecular weight excluding hydrogens is 240 g/mol. The summed E-state index contributed by atoms with van der Waals surface area (Å²) in [5.74, 6) is -0.302. The lowest BCUT2D eigenvalue weighted by atomic mass is 10.1. The van der Waals surface area contributed by atoms with Crippen LogP contribution in [-0.4, -0.2) is 23.9 Å². The fourth-order valence-electron chi connectivity index (χ4n) is 1.83. The largest absolute Gasteiger partial charge is 0.350 e. The first-order valence-corrected chi connectivity index (χ1v) is 6.35. The van der Waals surface area contributed by atoms with Gasteiger partial charge in [0.25, 0.3) is 0 Å². The summed E-state index contributed by atoms with van der Waals surface area (Å²) < 4.78 is 0. The van der Waals surface area contributed by atoms with Gasteiger partial charge in [-0.2, -0.15) is 0 Å². The average Bonchev–Trinajstić information content (AvgIpc) is 2.24. The molecule has 1 N–H and O–H groups in total. The normalized spacial score (nSPS) is 11.0. The molecule has 1 rings (SSSR count). The fraction of sp³-hybridized carbons (Fsp3) is 0.467. The average molecular weight is 262 g/mol. The van der Waals surface area contributed by atoms with Gasteiger partial charge in [0.05, 0.1) is 0 Å². The minimum Gasteiger partial charge on any atom is -0.350 e. The van der Waals surface area contributed by atoms with Gasteiger partial charge >= 0.3 is 0 Å². The Morgan fingerprint density at radius 3 is 2.26 bits per heavy atom. The lowest BCUT2D eigenvalue weighted by Gasteiger charge is -2.26. The van der Waals surface area contributed by atoms with E-state index in [1.807, 2.05) is 52.0 Å². The minimum absolute atomic E-state index is 0.0391. The van der Waals surface area contributed by atoms with E-state index in [0.717, 1.165) is 11.3 Å². The van der Waals surface area contributed by atoms with Crippen molar-refractivity contribution in [1.29, 1.82) is 0 Å². The second-order valence-corrected chi connectivity index (χ2v) is 5.69. The van der Waals surface area contributed by atoms with Gasteiger partial charge in [0, 0.05) is 18.2 Å². The minimum atomic E-state index is -0.300. The van der Waals surface area contributed by atoms with Crippen LogP contribution in [0.15, 0.2) is 24.3 Å². The van der Waals surface area contributed by atoms with Crippen LogP contribution in [0.25, 0.3) is 0 Å². The Kier molecular flexibility index (Phi) is 4.70. The molecule has 0 heterocycles. The van der Waals surface area contributed by atoms with Gasteiger partial charge in [-0.3, -0.25) is 9.59 Å². The van der Waals surface area contributed by atoms with E-state index >= 15 is 0 Å². The van der Waals surface area contributed by atoms with E-state index in [9.17, 15) is 9.59 Å². The Morgan fingerprint density at radius 2 is 1.79 bits per heavy atom. The van der Waals surface area contributed by atoms with Crippen LogP contribution < -0.4 is 10.2 Å². The highest BCUT2D eigenvalue weighted by Crippen LogP contribution is 2.19. The number of hydrogen-bond acceptors (Lipinski definition) is 2. The Balaban J connectivity index is 2.89. The summed E-state index contributed by atoms with van der Waals surface area (Å²) in [6.45, 7) is 9.17. The van der Waals surface area contributed by atoms with Crippen LogP contribution in [0, 0.1) is 6.92 Å². The summed E-state index contributed by atoms with van der Waals surface area (Å²) in [5, 5.41) is 2.86. The maximum atomic E-state index is 12.0. The van der Waals surface area contributed by atoms with Crippen LogP contribution in [0.2, 0.25) is 0 Å². The third-order valence-corrected chi connectivity index (χ3v) is 2.60. The van der Waals surface area contributed by atoms with Crippen molar-refractivity contribution in [2.75, 3.05) is 11.4 Å². The molecule has 0 saturated heterocycles. The Labute approximate surface area is 114 Å². The quantitative estimate of drug-likeness (QED) is 0.908. The maximum Gasteiger partial charge on any atom is 0.240 e. The Morgan fingerprint density at radius 1 is 1.21 bits per heavy atom. The van der Waals surface area contributed by atoms with Crippen LogP contribution in [0.3, 0.4) is 0 Å². The van der Waals surface area contributed by atoms with Gasteiger partial charge in [-0.1, -0.05) is 18.2 Å². The van der Waals surface area contributed by atoms with E-state index < -0.39 is 0 Å². The molecule has 1 aromatic rings. The van der Waals surface area contributed by atoms with E-state index in [1.54, 1.807) is 0 Å². The number of anilines is 1. The topological polar surface area (TPSA) is 49.4 Å². The Bertz CT molecular complexity index is 475. The predicted octanol–water partition coefficient (Wildman–Crippen LogP) is 2.26. The van der Waals surface area contributed by atoms with E-state index in [-0.39, 0.29) is 23.9 Å². The number of benzene rings is 1. The van der Waals surface area contributed by atoms with Crippen LogP contribution in [0.1, 0.15) is 33.3 Å². The summed E-state index contributed by atoms with van der Waals surface area (Å²) in [7, 11) is 0. The molecule has 0 spiro atoms. The second kappa shape index (κ2) is 5.87. The molecule has 104 valence electrons. The third kappa shape index (κ3) is 4.73. The van der Waals surface area contributed by atoms with Gasteiger partial charge in [0.15, 0.2) is 0 Å². The van der Waals surface area contributed by atoms with Crippen molar-refractivity contribution in [2.45, 2.75) is 40.2 Å². The molecule has 0 aliphatic rings. The third-order valence-electron chi connectivity index (χ3n) is 2.60. The molecule has 0 radical (unpaired) electrons. The van der Waals surface area contributed by atoms with Gasteiger partial charge < -0.3 is 10.2 Å². The van der Waals surface area contributed by atoms with Crippen molar-refractivity contribution in [3.8, 4) is 0 Å². The molecule has 0 fully saturated rings. The number of rotatable bonds is 3. The zero-order chi connectivity index (χ0) is 14.6. The molecule has 0 unspecified atom stereocenters. The van der Waals surface area contributed by atoms with E-state index in [1.165, 1.54) is 11.8 Å². The molecule has 0 bridgehead atoms. The van der Waals surface area contributed by atoms with E-state index in [2.05, 4.69) is 5.32 Å². The molecule has 0 aromatic heterocycles. The molecule has 0 saturated carbocycles. The highest BCUT2D eigenvalue weighted by Gasteiger charge is 2.20. The number of carbonyl (C=O) groups excluding carboxylic acids is 2. The van der Waals surface area contributed by atoms with Crippen molar-refractivity contribution in [3.05, 3.63) is 29.8 Å². The highest BCUT2D eigenvalue weighted by molar-refractivity contribution is 5.98. The number of para-hydroxylation sites is 1. The monoisotopic (exact) mass is 262 g/mol. The molecular formula is C15H22N2O2. The fourth-order valence-corrected chi connectivity index (χ4v) is 1.83. The number of nitrogens with zero attached hydrogens (tertiary/aromatic N) is 1. The van der Waals surface area contributed by atoms with E-state index in [0.29, 0.717) is 0 Å². The summed E-state index contributed by atoms with van der Waals surface area (Å²) in [6.07, 6.45) is 0. The molecule has 2 amide bonds. The van der Waals surface area contributed by atoms with Gasteiger partial charge in [-0.15, -0.1) is 0 Å². The highest BCUT2D eigenvalue weighted by atomic mass is 16.2. The standard InChI is InChI=1S/C15H22N2O2/c1-11-8-6-7-9-13(11)17(12(2)18)10-14(19)16-15(3,4)5/h6-9H,10H2,1-5H3,(H,16,19). The number of aryl methyl sites for hydroxylation is 1. The first kappa shape index (κ1) is 15.2. The number of hydrogen-bond donors (Lipinski definition) is 1. The van der Waals surface area contributed by atoms with E-state index in [4.69, 9.17) is 0 Å². The summed E-state index contributed by atoms with van der Waals surface area (Å²) in [4.78, 5) is 25.2. The van der Waals surface area contributed by atoms with Crippen molar-refractivity contribution in [2.24, 2.45) is 0 Å². The van der Waals surface area contributed by atoms with Crippen molar-refractivity contribution < 1.29 is 9.59 Å². The maximum absolute atomic E-state index is 12.0. The van der Waals surface area contributed by atoms with Crippen molar-refractivity contribution in [3.63, 3.8) is 0 Å². The summed E-state index contributed by atoms with van der Waals surface area (Å²) >= 11 is 0. The molecule has 1 aromatic carbocycles. The second-order valence-electron chi connectivity index (χ2n) is 5.69. The lowest BCUT2D eigenvalue weighted by Crippen LogP contribution is -2.47. The van der Waals surface area contributed by atoms with Crippen molar-refractivity contribution in [1.82, 2.24) is 5.32 Å². The summed E-state index contributed by atoms with van der Waals surface area (Å²) in [5.41, 5.74) is 1.45. The Hall–Kier alpha value is -1.84. The molecule has 0 aliphatic carbocycles. The zero-order valence-corrected chi connectivity index (χ0v) is 12.3. The number of nitrogens with one attached hydrogen (secondary N) is 1. The van der Waals surface area contributed by atoms with Crippen LogP contribution in [0.4, 0.5) is 5.69 Å². The smallest absolute Gasteiger partial charge is 0.240 e. The first-order valence-electron chi connectivity index (χ1n) is 6.35. The van der Waals surface area contributed by atoms with Crippen LogP contribution in [0.5, 0.6) is 0 Å². The van der Waals surface area contributed by atoms with Gasteiger partial charge in [-0.25, -0.2) is 0 Å². The molecule has 4 heteroatoms. The number of carbonyl (C=O) groups is 2. The van der Waals surface area contributed by atoms with Gasteiger partial charge in [0.1, 0.15) is 6.54 Å². The molecule has 0 atom stereocenters. The van der Waals surface area contributed by atoms with Gasteiger partial charge in [0.2, 0.25) is 11.8 Å². The molecule has 0 aliphatic heterocycles. The zero-order valence-electron chi connectivity index (χ0n) is 12.3. The molecule has 19 heavy (non-hydrogen) atoms. The van der Waals surface area contributed by atoms with Crippen molar-refractivity contribution >= 4 is 17.5 Å². The lowest BCUT2D eigenvalue weighted by molar-refractivity contribution is -0.124. The number of amides is 2. The van der Waals surface area contributed by atoms with Crippen LogP contribution >= 0.6 is 0 Å². The predicted molar refractivity (Wildman–Crippen MR) is 77.1 cm³/mol. The van der Waals surface area contributed by atoms with Gasteiger partial charge in [-0.05, 0) is 39.3 Å². The van der Waals surface area contributed by atoms with Crippen LogP contribution in [-0.2, 0) is 9.59 Å². The SMILES string of the molecule is CC(=O)N(CC(=O)NC(C)(C)C)c1ccccc1C. The molecule has 4 nitrogen and oxygen atoms in total. The summed E-state index contributed by atoms with van der Waals surface area (Å²) in [6, 6.07) is 7.54.